The number of hydrogen-bond donors (Lipinski definition) is 2. The Morgan fingerprint density at radius 1 is 1.69 bits per heavy atom. The van der Waals surface area contributed by atoms with Gasteiger partial charge < -0.3 is 15.3 Å². The Bertz CT molecular complexity index is 288. The summed E-state index contributed by atoms with van der Waals surface area (Å²) in [5.41, 5.74) is 5.34. The molecule has 0 saturated heterocycles. The van der Waals surface area contributed by atoms with Gasteiger partial charge in [0.25, 0.3) is 0 Å². The van der Waals surface area contributed by atoms with Gasteiger partial charge in [0.2, 0.25) is 0 Å². The van der Waals surface area contributed by atoms with E-state index in [1.807, 2.05) is 0 Å². The fraction of sp³-hybridized carbons (Fsp3) is 0.333. The van der Waals surface area contributed by atoms with Crippen LogP contribution in [-0.4, -0.2) is 16.6 Å². The van der Waals surface area contributed by atoms with E-state index in [0.29, 0.717) is 0 Å². The van der Waals surface area contributed by atoms with Crippen molar-refractivity contribution in [1.29, 1.82) is 0 Å². The van der Waals surface area contributed by atoms with Crippen molar-refractivity contribution in [2.45, 2.75) is 6.04 Å². The third-order valence-corrected chi connectivity index (χ3v) is 1.35. The predicted molar refractivity (Wildman–Crippen MR) is 46.6 cm³/mol. The van der Waals surface area contributed by atoms with Crippen molar-refractivity contribution < 1.29 is 14.4 Å². The van der Waals surface area contributed by atoms with Gasteiger partial charge >= 0.3 is 5.88 Å². The van der Waals surface area contributed by atoms with Gasteiger partial charge in [-0.3, -0.25) is 10.1 Å². The molecule has 3 N–H and O–H groups in total. The Hall–Kier alpha value is -1.11. The molecule has 0 fully saturated rings. The lowest BCUT2D eigenvalue weighted by atomic mass is 10.2. The molecule has 1 aromatic rings. The molecule has 0 aliphatic carbocycles. The van der Waals surface area contributed by atoms with Crippen LogP contribution in [0, 0.1) is 10.1 Å². The quantitative estimate of drug-likeness (QED) is 0.559. The number of nitro groups is 1. The smallest absolute Gasteiger partial charge is 0.404 e. The fourth-order valence-corrected chi connectivity index (χ4v) is 0.730. The molecule has 0 saturated carbocycles. The van der Waals surface area contributed by atoms with E-state index in [1.54, 1.807) is 0 Å². The van der Waals surface area contributed by atoms with Gasteiger partial charge in [0.05, 0.1) is 18.7 Å². The summed E-state index contributed by atoms with van der Waals surface area (Å²) < 4.78 is 4.71. The SMILES string of the molecule is Cl.N[C@@H](CO)c1ccc([N+](=O)[O-])o1. The maximum atomic E-state index is 10.1. The fourth-order valence-electron chi connectivity index (χ4n) is 0.730. The van der Waals surface area contributed by atoms with E-state index in [0.717, 1.165) is 0 Å². The monoisotopic (exact) mass is 208 g/mol. The molecule has 1 aromatic heterocycles. The summed E-state index contributed by atoms with van der Waals surface area (Å²) in [4.78, 5) is 9.47. The highest BCUT2D eigenvalue weighted by molar-refractivity contribution is 5.85. The van der Waals surface area contributed by atoms with Gasteiger partial charge in [0, 0.05) is 0 Å². The maximum absolute atomic E-state index is 10.1. The molecule has 1 rings (SSSR count). The molecular formula is C6H9ClN2O4. The third-order valence-electron chi connectivity index (χ3n) is 1.35. The summed E-state index contributed by atoms with van der Waals surface area (Å²) >= 11 is 0. The highest BCUT2D eigenvalue weighted by Crippen LogP contribution is 2.19. The van der Waals surface area contributed by atoms with Crippen LogP contribution >= 0.6 is 12.4 Å². The molecule has 7 heteroatoms. The van der Waals surface area contributed by atoms with E-state index in [1.165, 1.54) is 12.1 Å². The van der Waals surface area contributed by atoms with Crippen molar-refractivity contribution in [3.05, 3.63) is 28.0 Å². The minimum Gasteiger partial charge on any atom is -0.404 e. The first kappa shape index (κ1) is 11.9. The van der Waals surface area contributed by atoms with Crippen molar-refractivity contribution in [3.8, 4) is 0 Å². The van der Waals surface area contributed by atoms with Gasteiger partial charge in [-0.05, 0) is 6.07 Å². The van der Waals surface area contributed by atoms with Crippen LogP contribution in [0.15, 0.2) is 16.5 Å². The topological polar surface area (TPSA) is 103 Å². The van der Waals surface area contributed by atoms with E-state index >= 15 is 0 Å². The van der Waals surface area contributed by atoms with E-state index in [2.05, 4.69) is 0 Å². The molecule has 0 spiro atoms. The first-order valence-corrected chi connectivity index (χ1v) is 3.25. The zero-order chi connectivity index (χ0) is 9.14. The lowest BCUT2D eigenvalue weighted by molar-refractivity contribution is -0.402. The van der Waals surface area contributed by atoms with Gasteiger partial charge in [-0.1, -0.05) is 0 Å². The standard InChI is InChI=1S/C6H8N2O4.ClH/c7-4(3-9)5-1-2-6(12-5)8(10)11;/h1-2,4,9H,3,7H2;1H/t4-;/m0./s1. The van der Waals surface area contributed by atoms with Crippen LogP contribution in [0.5, 0.6) is 0 Å². The number of nitrogens with two attached hydrogens (primary N) is 1. The molecule has 13 heavy (non-hydrogen) atoms. The number of nitrogens with zero attached hydrogens (tertiary/aromatic N) is 1. The molecular weight excluding hydrogens is 200 g/mol. The lowest BCUT2D eigenvalue weighted by Gasteiger charge is -2.00. The highest BCUT2D eigenvalue weighted by atomic mass is 35.5. The van der Waals surface area contributed by atoms with Gasteiger partial charge in [-0.25, -0.2) is 0 Å². The second kappa shape index (κ2) is 4.80. The number of aliphatic hydroxyl groups is 1. The molecule has 1 heterocycles. The van der Waals surface area contributed by atoms with Crippen LogP contribution < -0.4 is 5.73 Å². The highest BCUT2D eigenvalue weighted by Gasteiger charge is 2.15. The molecule has 0 unspecified atom stereocenters. The predicted octanol–water partition coefficient (Wildman–Crippen LogP) is 0.602. The lowest BCUT2D eigenvalue weighted by Crippen LogP contribution is -2.13. The summed E-state index contributed by atoms with van der Waals surface area (Å²) in [5.74, 6) is -0.155. The van der Waals surface area contributed by atoms with Crippen LogP contribution in [0.3, 0.4) is 0 Å². The summed E-state index contributed by atoms with van der Waals surface area (Å²) in [5, 5.41) is 18.7. The summed E-state index contributed by atoms with van der Waals surface area (Å²) in [7, 11) is 0. The average molecular weight is 209 g/mol. The summed E-state index contributed by atoms with van der Waals surface area (Å²) in [6, 6.07) is 1.88. The molecule has 0 amide bonds. The van der Waals surface area contributed by atoms with Gasteiger partial charge in [-0.15, -0.1) is 12.4 Å². The number of hydrogen-bond acceptors (Lipinski definition) is 5. The van der Waals surface area contributed by atoms with Crippen molar-refractivity contribution >= 4 is 18.3 Å². The Labute approximate surface area is 79.9 Å². The molecule has 6 nitrogen and oxygen atoms in total. The molecule has 0 aliphatic rings. The largest absolute Gasteiger partial charge is 0.433 e. The second-order valence-electron chi connectivity index (χ2n) is 2.22. The number of rotatable bonds is 3. The van der Waals surface area contributed by atoms with Crippen molar-refractivity contribution in [2.24, 2.45) is 5.73 Å². The maximum Gasteiger partial charge on any atom is 0.433 e. The first-order valence-electron chi connectivity index (χ1n) is 3.25. The zero-order valence-electron chi connectivity index (χ0n) is 6.54. The van der Waals surface area contributed by atoms with Crippen LogP contribution in [0.25, 0.3) is 0 Å². The van der Waals surface area contributed by atoms with Crippen LogP contribution in [0.4, 0.5) is 5.88 Å². The second-order valence-corrected chi connectivity index (χ2v) is 2.22. The number of halogens is 1. The van der Waals surface area contributed by atoms with Crippen molar-refractivity contribution in [3.63, 3.8) is 0 Å². The number of aliphatic hydroxyl groups excluding tert-OH is 1. The minimum absolute atomic E-state index is 0. The molecule has 0 bridgehead atoms. The summed E-state index contributed by atoms with van der Waals surface area (Å²) in [6.45, 7) is -0.301. The third kappa shape index (κ3) is 2.69. The van der Waals surface area contributed by atoms with E-state index in [4.69, 9.17) is 15.3 Å². The van der Waals surface area contributed by atoms with Crippen LogP contribution in [0.2, 0.25) is 0 Å². The van der Waals surface area contributed by atoms with Crippen molar-refractivity contribution in [2.75, 3.05) is 6.61 Å². The molecule has 1 atom stereocenters. The Morgan fingerprint density at radius 3 is 2.69 bits per heavy atom. The molecule has 0 aromatic carbocycles. The Kier molecular flexibility index (Phi) is 4.39. The normalized spacial score (nSPS) is 11.8. The molecule has 0 aliphatic heterocycles. The van der Waals surface area contributed by atoms with Gasteiger partial charge in [-0.2, -0.15) is 0 Å². The van der Waals surface area contributed by atoms with Crippen molar-refractivity contribution in [1.82, 2.24) is 0 Å². The Morgan fingerprint density at radius 2 is 2.31 bits per heavy atom. The average Bonchev–Trinajstić information content (AvgIpc) is 2.51. The van der Waals surface area contributed by atoms with E-state index < -0.39 is 11.0 Å². The summed E-state index contributed by atoms with van der Waals surface area (Å²) in [6.07, 6.45) is 0. The number of furan rings is 1. The van der Waals surface area contributed by atoms with Gasteiger partial charge in [0.1, 0.15) is 10.7 Å². The molecule has 74 valence electrons. The zero-order valence-corrected chi connectivity index (χ0v) is 7.36. The van der Waals surface area contributed by atoms with E-state index in [9.17, 15) is 10.1 Å². The van der Waals surface area contributed by atoms with E-state index in [-0.39, 0.29) is 30.7 Å². The van der Waals surface area contributed by atoms with Crippen LogP contribution in [-0.2, 0) is 0 Å². The Balaban J connectivity index is 0.00000144. The van der Waals surface area contributed by atoms with Crippen LogP contribution in [0.1, 0.15) is 11.8 Å². The minimum atomic E-state index is -0.696. The first-order chi connectivity index (χ1) is 5.65. The molecule has 0 radical (unpaired) electrons. The van der Waals surface area contributed by atoms with Gasteiger partial charge in [0.15, 0.2) is 0 Å².